The molecule has 0 fully saturated rings. The lowest BCUT2D eigenvalue weighted by Gasteiger charge is -2.35. The summed E-state index contributed by atoms with van der Waals surface area (Å²) in [4.78, 5) is 4.75. The topological polar surface area (TPSA) is 32.8 Å². The van der Waals surface area contributed by atoms with Gasteiger partial charge in [0.15, 0.2) is 11.2 Å². The van der Waals surface area contributed by atoms with E-state index in [9.17, 15) is 0 Å². The standard InChI is InChI=1S/C89H56N2O2/c1-7-25-57(26-8-1)77-55-59-29-19-21-39-69(59)81-75-41-23-43-79(85(75)92-87(77)81)90(65-35-15-5-16-36-65)67-47-51-71-61(53-67)45-49-73-74-50-46-62-54-68(48-52-72(62)84(74)89(83(71)73,63-31-11-3-12-32-63)64-33-13-4-14-34-64)91(66-37-17-6-18-38-66)80-44-24-42-76-82-70-40-22-20-30-60(70)56-78(88(82)93-86(76)80)58-27-9-2-10-28-58/h1-56H. The van der Waals surface area contributed by atoms with Gasteiger partial charge in [-0.05, 0) is 160 Å². The highest BCUT2D eigenvalue weighted by Gasteiger charge is 2.48. The molecule has 0 radical (unpaired) electrons. The molecular formula is C89H56N2O2. The molecule has 434 valence electrons. The second-order valence-corrected chi connectivity index (χ2v) is 24.6. The van der Waals surface area contributed by atoms with Crippen LogP contribution in [0.3, 0.4) is 0 Å². The van der Waals surface area contributed by atoms with Crippen molar-refractivity contribution >= 4 is 121 Å². The van der Waals surface area contributed by atoms with Crippen molar-refractivity contribution in [1.82, 2.24) is 0 Å². The molecule has 2 heterocycles. The number of fused-ring (bicyclic) bond motifs is 17. The Bertz CT molecular complexity index is 5610. The first-order chi connectivity index (χ1) is 46.2. The Morgan fingerprint density at radius 3 is 1.00 bits per heavy atom. The Morgan fingerprint density at radius 2 is 0.581 bits per heavy atom. The highest BCUT2D eigenvalue weighted by molar-refractivity contribution is 6.26. The van der Waals surface area contributed by atoms with E-state index >= 15 is 0 Å². The molecule has 4 heteroatoms. The Hall–Kier alpha value is -12.2. The summed E-state index contributed by atoms with van der Waals surface area (Å²) >= 11 is 0. The fourth-order valence-electron chi connectivity index (χ4n) is 15.7. The first-order valence-electron chi connectivity index (χ1n) is 32.0. The molecule has 18 aromatic rings. The third-order valence-corrected chi connectivity index (χ3v) is 19.6. The van der Waals surface area contributed by atoms with Gasteiger partial charge in [0, 0.05) is 55.4 Å². The Kier molecular flexibility index (Phi) is 11.9. The Balaban J connectivity index is 0.811. The van der Waals surface area contributed by atoms with E-state index in [-0.39, 0.29) is 0 Å². The molecule has 0 N–H and O–H groups in total. The minimum absolute atomic E-state index is 0.730. The molecule has 2 aromatic heterocycles. The predicted octanol–water partition coefficient (Wildman–Crippen LogP) is 24.7. The van der Waals surface area contributed by atoms with Gasteiger partial charge >= 0.3 is 0 Å². The molecule has 1 aliphatic carbocycles. The highest BCUT2D eigenvalue weighted by Crippen LogP contribution is 2.61. The summed E-state index contributed by atoms with van der Waals surface area (Å²) in [6, 6.07) is 124. The van der Waals surface area contributed by atoms with Crippen molar-refractivity contribution in [2.45, 2.75) is 5.41 Å². The highest BCUT2D eigenvalue weighted by atomic mass is 16.3. The predicted molar refractivity (Wildman–Crippen MR) is 389 cm³/mol. The van der Waals surface area contributed by atoms with E-state index < -0.39 is 5.41 Å². The van der Waals surface area contributed by atoms with Gasteiger partial charge in [0.25, 0.3) is 0 Å². The van der Waals surface area contributed by atoms with Gasteiger partial charge in [-0.3, -0.25) is 0 Å². The Morgan fingerprint density at radius 1 is 0.226 bits per heavy atom. The zero-order valence-electron chi connectivity index (χ0n) is 50.5. The van der Waals surface area contributed by atoms with Crippen molar-refractivity contribution in [3.05, 3.63) is 362 Å². The third-order valence-electron chi connectivity index (χ3n) is 19.6. The zero-order chi connectivity index (χ0) is 61.1. The van der Waals surface area contributed by atoms with Crippen molar-refractivity contribution < 1.29 is 8.83 Å². The first kappa shape index (κ1) is 52.7. The molecule has 0 saturated carbocycles. The normalized spacial score (nSPS) is 12.6. The second-order valence-electron chi connectivity index (χ2n) is 24.6. The van der Waals surface area contributed by atoms with Gasteiger partial charge in [-0.15, -0.1) is 0 Å². The average molecular weight is 1190 g/mol. The molecular weight excluding hydrogens is 1130 g/mol. The maximum Gasteiger partial charge on any atom is 0.159 e. The van der Waals surface area contributed by atoms with Gasteiger partial charge in [-0.2, -0.15) is 0 Å². The lowest BCUT2D eigenvalue weighted by molar-refractivity contribution is 0.670. The number of furan rings is 2. The van der Waals surface area contributed by atoms with E-state index in [0.29, 0.717) is 0 Å². The number of benzene rings is 16. The molecule has 0 amide bonds. The van der Waals surface area contributed by atoms with Crippen LogP contribution in [-0.2, 0) is 5.41 Å². The molecule has 4 nitrogen and oxygen atoms in total. The van der Waals surface area contributed by atoms with Crippen molar-refractivity contribution in [3.8, 4) is 33.4 Å². The molecule has 1 aliphatic rings. The molecule has 16 aromatic carbocycles. The maximum absolute atomic E-state index is 7.32. The minimum atomic E-state index is -0.730. The summed E-state index contributed by atoms with van der Waals surface area (Å²) in [5.41, 5.74) is 20.5. The fourth-order valence-corrected chi connectivity index (χ4v) is 15.7. The van der Waals surface area contributed by atoms with Crippen LogP contribution >= 0.6 is 0 Å². The summed E-state index contributed by atoms with van der Waals surface area (Å²) in [6.07, 6.45) is 0. The van der Waals surface area contributed by atoms with Gasteiger partial charge in [0.05, 0.1) is 16.8 Å². The number of anilines is 6. The third kappa shape index (κ3) is 7.99. The summed E-state index contributed by atoms with van der Waals surface area (Å²) in [5, 5.41) is 13.7. The molecule has 93 heavy (non-hydrogen) atoms. The van der Waals surface area contributed by atoms with Crippen molar-refractivity contribution in [1.29, 1.82) is 0 Å². The van der Waals surface area contributed by atoms with E-state index in [1.54, 1.807) is 0 Å². The Labute approximate surface area is 537 Å². The minimum Gasteiger partial charge on any atom is -0.453 e. The number of para-hydroxylation sites is 4. The summed E-state index contributed by atoms with van der Waals surface area (Å²) in [6.45, 7) is 0. The average Bonchev–Trinajstić information content (AvgIpc) is 1.53. The summed E-state index contributed by atoms with van der Waals surface area (Å²) in [7, 11) is 0. The number of hydrogen-bond acceptors (Lipinski definition) is 4. The molecule has 19 rings (SSSR count). The number of nitrogens with zero attached hydrogens (tertiary/aromatic N) is 2. The fraction of sp³-hybridized carbons (Fsp3) is 0.0112. The lowest BCUT2D eigenvalue weighted by Crippen LogP contribution is -2.29. The summed E-state index contributed by atoms with van der Waals surface area (Å²) in [5.74, 6) is 0. The van der Waals surface area contributed by atoms with Gasteiger partial charge < -0.3 is 18.6 Å². The van der Waals surface area contributed by atoms with Crippen LogP contribution in [0.15, 0.2) is 349 Å². The quantitative estimate of drug-likeness (QED) is 0.137. The molecule has 0 aliphatic heterocycles. The van der Waals surface area contributed by atoms with Crippen molar-refractivity contribution in [3.63, 3.8) is 0 Å². The zero-order valence-corrected chi connectivity index (χ0v) is 50.5. The van der Waals surface area contributed by atoms with E-state index in [1.165, 1.54) is 65.7 Å². The van der Waals surface area contributed by atoms with E-state index in [1.807, 2.05) is 0 Å². The number of hydrogen-bond donors (Lipinski definition) is 0. The van der Waals surface area contributed by atoms with Crippen LogP contribution in [0.5, 0.6) is 0 Å². The van der Waals surface area contributed by atoms with Crippen LogP contribution in [0.4, 0.5) is 34.1 Å². The van der Waals surface area contributed by atoms with Crippen LogP contribution in [0, 0.1) is 0 Å². The maximum atomic E-state index is 7.32. The number of rotatable bonds is 10. The van der Waals surface area contributed by atoms with Gasteiger partial charge in [0.2, 0.25) is 0 Å². The van der Waals surface area contributed by atoms with E-state index in [4.69, 9.17) is 8.83 Å². The van der Waals surface area contributed by atoms with E-state index in [0.717, 1.165) is 111 Å². The monoisotopic (exact) mass is 1180 g/mol. The van der Waals surface area contributed by atoms with Gasteiger partial charge in [-0.1, -0.05) is 267 Å². The molecule has 0 atom stereocenters. The second kappa shape index (κ2) is 20.9. The van der Waals surface area contributed by atoms with Crippen molar-refractivity contribution in [2.75, 3.05) is 9.80 Å². The molecule has 0 unspecified atom stereocenters. The SMILES string of the molecule is c1ccc(-c2cc3ccccc3c3c2oc2c(N(c4ccccc4)c4ccc5c6c(ccc5c4)-c4ccc5cc(N(c7ccccc7)c7cccc8c7oc7c(-c9ccccc9)cc9ccccc9c78)ccc5c4C6(c4ccccc4)c4ccccc4)cccc23)cc1. The van der Waals surface area contributed by atoms with Crippen LogP contribution in [0.1, 0.15) is 22.3 Å². The van der Waals surface area contributed by atoms with Crippen LogP contribution < -0.4 is 9.80 Å². The van der Waals surface area contributed by atoms with E-state index in [2.05, 4.69) is 350 Å². The smallest absolute Gasteiger partial charge is 0.159 e. The first-order valence-corrected chi connectivity index (χ1v) is 32.0. The van der Waals surface area contributed by atoms with Crippen LogP contribution in [0.25, 0.3) is 120 Å². The van der Waals surface area contributed by atoms with Gasteiger partial charge in [0.1, 0.15) is 11.2 Å². The van der Waals surface area contributed by atoms with Gasteiger partial charge in [-0.25, -0.2) is 0 Å². The summed E-state index contributed by atoms with van der Waals surface area (Å²) < 4.78 is 14.6. The molecule has 0 bridgehead atoms. The molecule has 0 spiro atoms. The largest absolute Gasteiger partial charge is 0.453 e. The van der Waals surface area contributed by atoms with Crippen LogP contribution in [-0.4, -0.2) is 0 Å². The lowest BCUT2D eigenvalue weighted by atomic mass is 9.66. The van der Waals surface area contributed by atoms with Crippen molar-refractivity contribution in [2.24, 2.45) is 0 Å². The van der Waals surface area contributed by atoms with Crippen LogP contribution in [0.2, 0.25) is 0 Å². The molecule has 0 saturated heterocycles.